The molecular formula is C13H12N2O2S. The lowest BCUT2D eigenvalue weighted by atomic mass is 10.2. The highest BCUT2D eigenvalue weighted by Gasteiger charge is 2.09. The Morgan fingerprint density at radius 3 is 2.50 bits per heavy atom. The Hall–Kier alpha value is -2.01. The minimum atomic E-state index is -1.05. The summed E-state index contributed by atoms with van der Waals surface area (Å²) in [5.74, 6) is -1.05. The minimum absolute atomic E-state index is 0.00110. The number of nitrogens with two attached hydrogens (primary N) is 1. The molecule has 5 heteroatoms. The molecule has 1 aromatic carbocycles. The van der Waals surface area contributed by atoms with Gasteiger partial charge in [0.05, 0.1) is 5.69 Å². The average Bonchev–Trinajstić information content (AvgIpc) is 2.34. The van der Waals surface area contributed by atoms with Crippen LogP contribution >= 0.6 is 11.8 Å². The summed E-state index contributed by atoms with van der Waals surface area (Å²) in [4.78, 5) is 15.9. The molecule has 4 nitrogen and oxygen atoms in total. The maximum absolute atomic E-state index is 10.8. The van der Waals surface area contributed by atoms with Gasteiger partial charge >= 0.3 is 5.97 Å². The van der Waals surface area contributed by atoms with E-state index in [1.54, 1.807) is 6.07 Å². The smallest absolute Gasteiger partial charge is 0.354 e. The SMILES string of the molecule is Cc1ccc(Sc2nc(C(=O)O)ccc2N)cc1. The van der Waals surface area contributed by atoms with Gasteiger partial charge in [-0.05, 0) is 31.2 Å². The van der Waals surface area contributed by atoms with Crippen LogP contribution in [0.1, 0.15) is 16.1 Å². The van der Waals surface area contributed by atoms with Gasteiger partial charge in [0.15, 0.2) is 0 Å². The molecule has 0 aliphatic heterocycles. The number of aryl methyl sites for hydroxylation is 1. The van der Waals surface area contributed by atoms with Crippen molar-refractivity contribution in [2.24, 2.45) is 0 Å². The molecule has 2 rings (SSSR count). The molecule has 2 aromatic rings. The van der Waals surface area contributed by atoms with Gasteiger partial charge in [0, 0.05) is 4.90 Å². The van der Waals surface area contributed by atoms with E-state index in [4.69, 9.17) is 10.8 Å². The number of carbonyl (C=O) groups is 1. The number of pyridine rings is 1. The molecular weight excluding hydrogens is 248 g/mol. The highest BCUT2D eigenvalue weighted by atomic mass is 32.2. The van der Waals surface area contributed by atoms with Crippen LogP contribution in [0.3, 0.4) is 0 Å². The molecule has 1 aromatic heterocycles. The second-order valence-electron chi connectivity index (χ2n) is 3.81. The molecule has 0 saturated heterocycles. The largest absolute Gasteiger partial charge is 0.477 e. The van der Waals surface area contributed by atoms with Gasteiger partial charge < -0.3 is 10.8 Å². The third-order valence-electron chi connectivity index (χ3n) is 2.34. The number of anilines is 1. The summed E-state index contributed by atoms with van der Waals surface area (Å²) in [6.07, 6.45) is 0. The summed E-state index contributed by atoms with van der Waals surface area (Å²) in [5.41, 5.74) is 7.43. The monoisotopic (exact) mass is 260 g/mol. The van der Waals surface area contributed by atoms with Crippen molar-refractivity contribution in [3.63, 3.8) is 0 Å². The van der Waals surface area contributed by atoms with Gasteiger partial charge in [-0.15, -0.1) is 0 Å². The predicted octanol–water partition coefficient (Wildman–Crippen LogP) is 2.82. The van der Waals surface area contributed by atoms with E-state index in [2.05, 4.69) is 4.98 Å². The fraction of sp³-hybridized carbons (Fsp3) is 0.0769. The van der Waals surface area contributed by atoms with Crippen LogP contribution in [0, 0.1) is 6.92 Å². The van der Waals surface area contributed by atoms with Gasteiger partial charge in [0.1, 0.15) is 10.7 Å². The fourth-order valence-electron chi connectivity index (χ4n) is 1.37. The molecule has 0 bridgehead atoms. The first-order valence-corrected chi connectivity index (χ1v) is 6.12. The van der Waals surface area contributed by atoms with Crippen LogP contribution in [0.15, 0.2) is 46.3 Å². The number of hydrogen-bond acceptors (Lipinski definition) is 4. The first-order valence-electron chi connectivity index (χ1n) is 5.30. The normalized spacial score (nSPS) is 10.3. The molecule has 1 heterocycles. The zero-order valence-electron chi connectivity index (χ0n) is 9.75. The fourth-order valence-corrected chi connectivity index (χ4v) is 2.20. The van der Waals surface area contributed by atoms with Crippen LogP contribution < -0.4 is 5.73 Å². The first-order chi connectivity index (χ1) is 8.56. The van der Waals surface area contributed by atoms with Gasteiger partial charge in [-0.2, -0.15) is 0 Å². The molecule has 0 radical (unpaired) electrons. The van der Waals surface area contributed by atoms with Crippen molar-refractivity contribution in [2.75, 3.05) is 5.73 Å². The van der Waals surface area contributed by atoms with E-state index >= 15 is 0 Å². The van der Waals surface area contributed by atoms with Crippen LogP contribution in [-0.4, -0.2) is 16.1 Å². The van der Waals surface area contributed by atoms with Crippen molar-refractivity contribution in [3.8, 4) is 0 Å². The van der Waals surface area contributed by atoms with E-state index in [1.807, 2.05) is 31.2 Å². The van der Waals surface area contributed by atoms with E-state index in [0.717, 1.165) is 4.90 Å². The van der Waals surface area contributed by atoms with Gasteiger partial charge in [-0.3, -0.25) is 0 Å². The Bertz CT molecular complexity index is 582. The van der Waals surface area contributed by atoms with Crippen molar-refractivity contribution in [1.82, 2.24) is 4.98 Å². The number of nitrogens with zero attached hydrogens (tertiary/aromatic N) is 1. The lowest BCUT2D eigenvalue weighted by Crippen LogP contribution is -2.02. The Labute approximate surface area is 109 Å². The number of carboxylic acid groups (broad SMARTS) is 1. The molecule has 0 aliphatic rings. The van der Waals surface area contributed by atoms with Gasteiger partial charge in [0.25, 0.3) is 0 Å². The van der Waals surface area contributed by atoms with E-state index < -0.39 is 5.97 Å². The average molecular weight is 260 g/mol. The number of benzene rings is 1. The minimum Gasteiger partial charge on any atom is -0.477 e. The lowest BCUT2D eigenvalue weighted by Gasteiger charge is -2.05. The van der Waals surface area contributed by atoms with Crippen molar-refractivity contribution < 1.29 is 9.90 Å². The molecule has 18 heavy (non-hydrogen) atoms. The van der Waals surface area contributed by atoms with Crippen molar-refractivity contribution in [1.29, 1.82) is 0 Å². The third-order valence-corrected chi connectivity index (χ3v) is 3.37. The molecule has 0 saturated carbocycles. The van der Waals surface area contributed by atoms with Crippen molar-refractivity contribution in [2.45, 2.75) is 16.8 Å². The highest BCUT2D eigenvalue weighted by molar-refractivity contribution is 7.99. The van der Waals surface area contributed by atoms with E-state index in [-0.39, 0.29) is 5.69 Å². The predicted molar refractivity (Wildman–Crippen MR) is 70.9 cm³/mol. The number of nitrogen functional groups attached to an aromatic ring is 1. The highest BCUT2D eigenvalue weighted by Crippen LogP contribution is 2.30. The molecule has 0 unspecified atom stereocenters. The van der Waals surface area contributed by atoms with Crippen LogP contribution in [0.2, 0.25) is 0 Å². The summed E-state index contributed by atoms with van der Waals surface area (Å²) in [5, 5.41) is 9.40. The maximum Gasteiger partial charge on any atom is 0.354 e. The van der Waals surface area contributed by atoms with E-state index in [1.165, 1.54) is 23.4 Å². The Kier molecular flexibility index (Phi) is 3.53. The maximum atomic E-state index is 10.8. The molecule has 0 aliphatic carbocycles. The Balaban J connectivity index is 2.30. The lowest BCUT2D eigenvalue weighted by molar-refractivity contribution is 0.0690. The number of aromatic carboxylic acids is 1. The summed E-state index contributed by atoms with van der Waals surface area (Å²) in [6, 6.07) is 10.8. The van der Waals surface area contributed by atoms with Crippen molar-refractivity contribution in [3.05, 3.63) is 47.7 Å². The standard InChI is InChI=1S/C13H12N2O2S/c1-8-2-4-9(5-3-8)18-12-10(14)6-7-11(15-12)13(16)17/h2-7H,14H2,1H3,(H,16,17). The molecule has 0 amide bonds. The summed E-state index contributed by atoms with van der Waals surface area (Å²) in [6.45, 7) is 2.01. The summed E-state index contributed by atoms with van der Waals surface area (Å²) in [7, 11) is 0. The van der Waals surface area contributed by atoms with Crippen LogP contribution in [-0.2, 0) is 0 Å². The Morgan fingerprint density at radius 1 is 1.22 bits per heavy atom. The molecule has 0 atom stereocenters. The van der Waals surface area contributed by atoms with E-state index in [9.17, 15) is 4.79 Å². The van der Waals surface area contributed by atoms with Crippen LogP contribution in [0.25, 0.3) is 0 Å². The van der Waals surface area contributed by atoms with Crippen LogP contribution in [0.4, 0.5) is 5.69 Å². The third kappa shape index (κ3) is 2.81. The van der Waals surface area contributed by atoms with E-state index in [0.29, 0.717) is 10.7 Å². The summed E-state index contributed by atoms with van der Waals surface area (Å²) < 4.78 is 0. The number of aromatic nitrogens is 1. The second kappa shape index (κ2) is 5.10. The number of hydrogen-bond donors (Lipinski definition) is 2. The molecule has 0 fully saturated rings. The summed E-state index contributed by atoms with van der Waals surface area (Å²) >= 11 is 1.36. The topological polar surface area (TPSA) is 76.2 Å². The molecule has 92 valence electrons. The van der Waals surface area contributed by atoms with Gasteiger partial charge in [0.2, 0.25) is 0 Å². The number of rotatable bonds is 3. The molecule has 0 spiro atoms. The zero-order chi connectivity index (χ0) is 13.1. The quantitative estimate of drug-likeness (QED) is 0.887. The second-order valence-corrected chi connectivity index (χ2v) is 4.87. The zero-order valence-corrected chi connectivity index (χ0v) is 10.6. The Morgan fingerprint density at radius 2 is 1.89 bits per heavy atom. The number of carboxylic acids is 1. The first kappa shape index (κ1) is 12.4. The molecule has 3 N–H and O–H groups in total. The van der Waals surface area contributed by atoms with Crippen molar-refractivity contribution >= 4 is 23.4 Å². The van der Waals surface area contributed by atoms with Crippen LogP contribution in [0.5, 0.6) is 0 Å². The van der Waals surface area contributed by atoms with Gasteiger partial charge in [-0.25, -0.2) is 9.78 Å². The van der Waals surface area contributed by atoms with Gasteiger partial charge in [-0.1, -0.05) is 29.5 Å².